The van der Waals surface area contributed by atoms with Gasteiger partial charge in [-0.05, 0) is 24.3 Å². The summed E-state index contributed by atoms with van der Waals surface area (Å²) >= 11 is 0. The first-order valence-electron chi connectivity index (χ1n) is 5.24. The Morgan fingerprint density at radius 3 is 1.47 bits per heavy atom. The van der Waals surface area contributed by atoms with Crippen LogP contribution < -0.4 is 0 Å². The molecule has 0 spiro atoms. The molecule has 0 amide bonds. The lowest BCUT2D eigenvalue weighted by Crippen LogP contribution is -2.08. The second kappa shape index (κ2) is 5.41. The van der Waals surface area contributed by atoms with E-state index in [2.05, 4.69) is 33.9 Å². The van der Waals surface area contributed by atoms with Crippen LogP contribution in [-0.2, 0) is 17.8 Å². The Hall–Kier alpha value is -1.48. The highest BCUT2D eigenvalue weighted by Gasteiger charge is 1.91. The summed E-state index contributed by atoms with van der Waals surface area (Å²) in [6.45, 7) is 3.41. The van der Waals surface area contributed by atoms with Gasteiger partial charge in [0.2, 0.25) is 0 Å². The maximum atomic E-state index is 5.54. The maximum absolute atomic E-state index is 5.54. The molecule has 2 heterocycles. The van der Waals surface area contributed by atoms with E-state index >= 15 is 0 Å². The first-order valence-corrected chi connectivity index (χ1v) is 5.24. The minimum atomic E-state index is 0.774. The molecule has 2 rings (SSSR count). The zero-order valence-corrected chi connectivity index (χ0v) is 8.75. The van der Waals surface area contributed by atoms with Crippen molar-refractivity contribution in [1.82, 2.24) is 9.13 Å². The Kier molecular flexibility index (Phi) is 3.63. The predicted molar refractivity (Wildman–Crippen MR) is 59.7 cm³/mol. The molecule has 15 heavy (non-hydrogen) atoms. The summed E-state index contributed by atoms with van der Waals surface area (Å²) in [4.78, 5) is 0. The molecule has 0 saturated heterocycles. The van der Waals surface area contributed by atoms with Gasteiger partial charge in [-0.25, -0.2) is 0 Å². The maximum Gasteiger partial charge on any atom is 0.0646 e. The van der Waals surface area contributed by atoms with Gasteiger partial charge in [0.05, 0.1) is 13.2 Å². The Bertz CT molecular complexity index is 315. The highest BCUT2D eigenvalue weighted by Crippen LogP contribution is 1.92. The second-order valence-corrected chi connectivity index (χ2v) is 3.45. The molecular weight excluding hydrogens is 188 g/mol. The number of nitrogens with zero attached hydrogens (tertiary/aromatic N) is 2. The van der Waals surface area contributed by atoms with Crippen molar-refractivity contribution in [3.8, 4) is 0 Å². The molecule has 0 N–H and O–H groups in total. The Labute approximate surface area is 89.9 Å². The molecule has 0 aliphatic carbocycles. The van der Waals surface area contributed by atoms with Crippen molar-refractivity contribution in [2.24, 2.45) is 0 Å². The summed E-state index contributed by atoms with van der Waals surface area (Å²) in [6.07, 6.45) is 8.20. The smallest absolute Gasteiger partial charge is 0.0646 e. The van der Waals surface area contributed by atoms with E-state index in [4.69, 9.17) is 4.74 Å². The Morgan fingerprint density at radius 1 is 0.667 bits per heavy atom. The van der Waals surface area contributed by atoms with E-state index in [1.54, 1.807) is 0 Å². The fourth-order valence-electron chi connectivity index (χ4n) is 1.48. The number of aromatic nitrogens is 2. The first-order chi connectivity index (χ1) is 7.45. The number of ether oxygens (including phenoxy) is 1. The molecular formula is C12H16N2O. The highest BCUT2D eigenvalue weighted by atomic mass is 16.5. The van der Waals surface area contributed by atoms with Gasteiger partial charge in [0, 0.05) is 37.9 Å². The molecule has 0 unspecified atom stereocenters. The van der Waals surface area contributed by atoms with Crippen LogP contribution in [0.2, 0.25) is 0 Å². The van der Waals surface area contributed by atoms with E-state index < -0.39 is 0 Å². The largest absolute Gasteiger partial charge is 0.378 e. The number of hydrogen-bond acceptors (Lipinski definition) is 1. The lowest BCUT2D eigenvalue weighted by Gasteiger charge is -2.06. The standard InChI is InChI=1S/C12H16N2O/c1-2-6-13(5-1)9-11-15-12-10-14-7-3-4-8-14/h1-8H,9-12H2. The van der Waals surface area contributed by atoms with Crippen LogP contribution in [0.15, 0.2) is 49.1 Å². The van der Waals surface area contributed by atoms with Crippen LogP contribution in [0.3, 0.4) is 0 Å². The van der Waals surface area contributed by atoms with Crippen LogP contribution in [0.4, 0.5) is 0 Å². The molecule has 3 heteroatoms. The van der Waals surface area contributed by atoms with Crippen molar-refractivity contribution in [2.75, 3.05) is 13.2 Å². The van der Waals surface area contributed by atoms with Gasteiger partial charge in [0.15, 0.2) is 0 Å². The molecule has 0 bridgehead atoms. The van der Waals surface area contributed by atoms with Crippen molar-refractivity contribution in [3.63, 3.8) is 0 Å². The molecule has 0 aromatic carbocycles. The van der Waals surface area contributed by atoms with Crippen LogP contribution in [0, 0.1) is 0 Å². The molecule has 0 atom stereocenters. The minimum Gasteiger partial charge on any atom is -0.378 e. The lowest BCUT2D eigenvalue weighted by atomic mass is 10.6. The predicted octanol–water partition coefficient (Wildman–Crippen LogP) is 2.01. The lowest BCUT2D eigenvalue weighted by molar-refractivity contribution is 0.119. The third kappa shape index (κ3) is 3.29. The van der Waals surface area contributed by atoms with Crippen LogP contribution in [0.25, 0.3) is 0 Å². The summed E-state index contributed by atoms with van der Waals surface area (Å²) in [5.41, 5.74) is 0. The van der Waals surface area contributed by atoms with Gasteiger partial charge >= 0.3 is 0 Å². The van der Waals surface area contributed by atoms with Crippen LogP contribution >= 0.6 is 0 Å². The fraction of sp³-hybridized carbons (Fsp3) is 0.333. The summed E-state index contributed by atoms with van der Waals surface area (Å²) in [6, 6.07) is 8.11. The summed E-state index contributed by atoms with van der Waals surface area (Å²) in [5, 5.41) is 0. The minimum absolute atomic E-state index is 0.774. The second-order valence-electron chi connectivity index (χ2n) is 3.45. The van der Waals surface area contributed by atoms with E-state index in [1.807, 2.05) is 24.3 Å². The zero-order valence-electron chi connectivity index (χ0n) is 8.75. The van der Waals surface area contributed by atoms with Crippen molar-refractivity contribution in [1.29, 1.82) is 0 Å². The molecule has 0 saturated carbocycles. The SMILES string of the molecule is c1ccn(CCOCCn2cccc2)c1. The van der Waals surface area contributed by atoms with Gasteiger partial charge in [-0.1, -0.05) is 0 Å². The molecule has 0 radical (unpaired) electrons. The van der Waals surface area contributed by atoms with Gasteiger partial charge in [0.25, 0.3) is 0 Å². The van der Waals surface area contributed by atoms with E-state index in [0.717, 1.165) is 26.3 Å². The van der Waals surface area contributed by atoms with Gasteiger partial charge in [0.1, 0.15) is 0 Å². The molecule has 0 aliphatic heterocycles. The number of hydrogen-bond donors (Lipinski definition) is 0. The van der Waals surface area contributed by atoms with Crippen molar-refractivity contribution in [3.05, 3.63) is 49.1 Å². The van der Waals surface area contributed by atoms with E-state index in [0.29, 0.717) is 0 Å². The van der Waals surface area contributed by atoms with E-state index in [-0.39, 0.29) is 0 Å². The zero-order chi connectivity index (χ0) is 10.3. The highest BCUT2D eigenvalue weighted by molar-refractivity contribution is 4.90. The van der Waals surface area contributed by atoms with Crippen LogP contribution in [0.5, 0.6) is 0 Å². The monoisotopic (exact) mass is 204 g/mol. The van der Waals surface area contributed by atoms with Gasteiger partial charge < -0.3 is 13.9 Å². The quantitative estimate of drug-likeness (QED) is 0.659. The van der Waals surface area contributed by atoms with Crippen molar-refractivity contribution >= 4 is 0 Å². The summed E-state index contributed by atoms with van der Waals surface area (Å²) in [5.74, 6) is 0. The van der Waals surface area contributed by atoms with E-state index in [1.165, 1.54) is 0 Å². The molecule has 80 valence electrons. The van der Waals surface area contributed by atoms with Crippen LogP contribution in [-0.4, -0.2) is 22.3 Å². The Morgan fingerprint density at radius 2 is 1.07 bits per heavy atom. The average Bonchev–Trinajstić information content (AvgIpc) is 2.88. The average molecular weight is 204 g/mol. The molecule has 2 aromatic heterocycles. The summed E-state index contributed by atoms with van der Waals surface area (Å²) < 4.78 is 9.78. The third-order valence-corrected chi connectivity index (χ3v) is 2.32. The van der Waals surface area contributed by atoms with Crippen LogP contribution in [0.1, 0.15) is 0 Å². The van der Waals surface area contributed by atoms with Gasteiger partial charge in [-0.3, -0.25) is 0 Å². The van der Waals surface area contributed by atoms with Crippen molar-refractivity contribution in [2.45, 2.75) is 13.1 Å². The first kappa shape index (κ1) is 10.1. The Balaban J connectivity index is 1.56. The molecule has 0 fully saturated rings. The van der Waals surface area contributed by atoms with Gasteiger partial charge in [-0.15, -0.1) is 0 Å². The molecule has 0 aliphatic rings. The molecule has 2 aromatic rings. The topological polar surface area (TPSA) is 19.1 Å². The van der Waals surface area contributed by atoms with Crippen molar-refractivity contribution < 1.29 is 4.74 Å². The van der Waals surface area contributed by atoms with E-state index in [9.17, 15) is 0 Å². The van der Waals surface area contributed by atoms with Gasteiger partial charge in [-0.2, -0.15) is 0 Å². The fourth-order valence-corrected chi connectivity index (χ4v) is 1.48. The molecule has 3 nitrogen and oxygen atoms in total. The normalized spacial score (nSPS) is 10.7. The third-order valence-electron chi connectivity index (χ3n) is 2.32. The number of rotatable bonds is 6. The summed E-state index contributed by atoms with van der Waals surface area (Å²) in [7, 11) is 0.